The summed E-state index contributed by atoms with van der Waals surface area (Å²) in [5.41, 5.74) is 0. The normalized spacial score (nSPS) is 11.1. The van der Waals surface area contributed by atoms with Crippen LogP contribution in [-0.2, 0) is 10.1 Å². The monoisotopic (exact) mass is 256 g/mol. The van der Waals surface area contributed by atoms with Crippen LogP contribution in [0.3, 0.4) is 0 Å². The van der Waals surface area contributed by atoms with Crippen LogP contribution < -0.4 is 0 Å². The fraction of sp³-hybridized carbons (Fsp3) is 1.00. The van der Waals surface area contributed by atoms with E-state index in [2.05, 4.69) is 6.92 Å². The van der Waals surface area contributed by atoms with E-state index in [1.807, 2.05) is 0 Å². The minimum absolute atomic E-state index is 0. The van der Waals surface area contributed by atoms with Crippen LogP contribution in [0.25, 0.3) is 0 Å². The van der Waals surface area contributed by atoms with Crippen LogP contribution in [0.4, 0.5) is 4.70 Å². The third-order valence-electron chi connectivity index (χ3n) is 2.51. The Morgan fingerprint density at radius 1 is 0.812 bits per heavy atom. The van der Waals surface area contributed by atoms with Gasteiger partial charge in [0.05, 0.1) is 5.75 Å². The molecule has 0 aliphatic rings. The van der Waals surface area contributed by atoms with E-state index in [4.69, 9.17) is 4.55 Å². The van der Waals surface area contributed by atoms with E-state index in [1.54, 1.807) is 0 Å². The lowest BCUT2D eigenvalue weighted by atomic mass is 10.1. The van der Waals surface area contributed by atoms with Crippen molar-refractivity contribution in [3.63, 3.8) is 0 Å². The molecule has 0 saturated carbocycles. The van der Waals surface area contributed by atoms with Crippen LogP contribution >= 0.6 is 0 Å². The summed E-state index contributed by atoms with van der Waals surface area (Å²) in [5, 5.41) is 0. The molecule has 0 saturated heterocycles. The van der Waals surface area contributed by atoms with E-state index in [0.29, 0.717) is 6.42 Å². The predicted octanol–water partition coefficient (Wildman–Crippen LogP) is 3.56. The summed E-state index contributed by atoms with van der Waals surface area (Å²) in [5.74, 6) is -0.0805. The van der Waals surface area contributed by atoms with Gasteiger partial charge in [-0.1, -0.05) is 58.3 Å². The molecule has 5 heteroatoms. The molecule has 0 heterocycles. The number of rotatable bonds is 10. The fourth-order valence-corrected chi connectivity index (χ4v) is 2.16. The largest absolute Gasteiger partial charge is 0.286 e. The highest BCUT2D eigenvalue weighted by Crippen LogP contribution is 2.09. The molecule has 16 heavy (non-hydrogen) atoms. The van der Waals surface area contributed by atoms with E-state index in [0.717, 1.165) is 12.8 Å². The van der Waals surface area contributed by atoms with Crippen LogP contribution in [0.5, 0.6) is 0 Å². The quantitative estimate of drug-likeness (QED) is 0.480. The third kappa shape index (κ3) is 16.3. The molecule has 0 spiro atoms. The van der Waals surface area contributed by atoms with Crippen LogP contribution in [-0.4, -0.2) is 18.7 Å². The zero-order chi connectivity index (χ0) is 11.6. The van der Waals surface area contributed by atoms with Gasteiger partial charge < -0.3 is 0 Å². The highest BCUT2D eigenvalue weighted by atomic mass is 32.2. The summed E-state index contributed by atoms with van der Waals surface area (Å²) in [6.07, 6.45) is 10.2. The molecule has 1 N–H and O–H groups in total. The molecule has 0 aromatic heterocycles. The minimum atomic E-state index is -3.73. The first-order valence-electron chi connectivity index (χ1n) is 6.01. The van der Waals surface area contributed by atoms with Gasteiger partial charge >= 0.3 is 0 Å². The van der Waals surface area contributed by atoms with Crippen molar-refractivity contribution in [2.24, 2.45) is 0 Å². The molecule has 0 rings (SSSR count). The molecular weight excluding hydrogens is 231 g/mol. The van der Waals surface area contributed by atoms with Crippen molar-refractivity contribution < 1.29 is 17.7 Å². The second kappa shape index (κ2) is 11.3. The Morgan fingerprint density at radius 2 is 1.19 bits per heavy atom. The van der Waals surface area contributed by atoms with Crippen molar-refractivity contribution in [1.82, 2.24) is 0 Å². The van der Waals surface area contributed by atoms with Crippen molar-refractivity contribution in [2.75, 3.05) is 5.75 Å². The van der Waals surface area contributed by atoms with Gasteiger partial charge in [0.25, 0.3) is 10.1 Å². The zero-order valence-electron chi connectivity index (χ0n) is 10.2. The molecule has 0 radical (unpaired) electrons. The lowest BCUT2D eigenvalue weighted by Gasteiger charge is -2.00. The average Bonchev–Trinajstić information content (AvgIpc) is 2.14. The summed E-state index contributed by atoms with van der Waals surface area (Å²) in [6.45, 7) is 2.20. The predicted molar refractivity (Wildman–Crippen MR) is 66.1 cm³/mol. The molecular formula is C11H25FO3S. The highest BCUT2D eigenvalue weighted by Gasteiger charge is 2.02. The Kier molecular flexibility index (Phi) is 12.9. The van der Waals surface area contributed by atoms with Crippen molar-refractivity contribution >= 4 is 10.1 Å². The maximum atomic E-state index is 10.4. The molecule has 0 aromatic rings. The minimum Gasteiger partial charge on any atom is -0.286 e. The SMILES string of the molecule is CCCCCCCCCCCS(=O)(=O)O.F. The summed E-state index contributed by atoms with van der Waals surface area (Å²) >= 11 is 0. The van der Waals surface area contributed by atoms with E-state index < -0.39 is 10.1 Å². The molecule has 0 aliphatic carbocycles. The van der Waals surface area contributed by atoms with Gasteiger partial charge in [-0.2, -0.15) is 8.42 Å². The Labute approximate surface area is 98.7 Å². The number of hydrogen-bond acceptors (Lipinski definition) is 2. The number of halogens is 1. The Hall–Kier alpha value is -0.160. The third-order valence-corrected chi connectivity index (χ3v) is 3.31. The van der Waals surface area contributed by atoms with Gasteiger partial charge in [-0.3, -0.25) is 9.26 Å². The van der Waals surface area contributed by atoms with Gasteiger partial charge in [-0.25, -0.2) is 0 Å². The zero-order valence-corrected chi connectivity index (χ0v) is 11.0. The maximum absolute atomic E-state index is 10.4. The van der Waals surface area contributed by atoms with Crippen molar-refractivity contribution in [3.8, 4) is 0 Å². The molecule has 0 atom stereocenters. The molecule has 100 valence electrons. The smallest absolute Gasteiger partial charge is 0.264 e. The topological polar surface area (TPSA) is 54.4 Å². The van der Waals surface area contributed by atoms with E-state index in [9.17, 15) is 8.42 Å². The Morgan fingerprint density at radius 3 is 1.56 bits per heavy atom. The lowest BCUT2D eigenvalue weighted by molar-refractivity contribution is 0.478. The van der Waals surface area contributed by atoms with Crippen LogP contribution in [0, 0.1) is 0 Å². The van der Waals surface area contributed by atoms with Crippen molar-refractivity contribution in [3.05, 3.63) is 0 Å². The second-order valence-electron chi connectivity index (χ2n) is 4.11. The fourth-order valence-electron chi connectivity index (χ4n) is 1.60. The van der Waals surface area contributed by atoms with Crippen molar-refractivity contribution in [1.29, 1.82) is 0 Å². The van der Waals surface area contributed by atoms with Gasteiger partial charge in [0.1, 0.15) is 0 Å². The van der Waals surface area contributed by atoms with Gasteiger partial charge in [-0.05, 0) is 6.42 Å². The molecule has 0 aliphatic heterocycles. The van der Waals surface area contributed by atoms with Gasteiger partial charge in [-0.15, -0.1) is 0 Å². The lowest BCUT2D eigenvalue weighted by Crippen LogP contribution is -2.03. The number of hydrogen-bond donors (Lipinski definition) is 1. The highest BCUT2D eigenvalue weighted by molar-refractivity contribution is 7.85. The van der Waals surface area contributed by atoms with Gasteiger partial charge in [0, 0.05) is 0 Å². The molecule has 0 amide bonds. The first-order valence-corrected chi connectivity index (χ1v) is 7.62. The first kappa shape index (κ1) is 18.2. The summed E-state index contributed by atoms with van der Waals surface area (Å²) in [7, 11) is -3.73. The van der Waals surface area contributed by atoms with Crippen LogP contribution in [0.1, 0.15) is 64.7 Å². The standard InChI is InChI=1S/C11H24O3S.FH/c1-2-3-4-5-6-7-8-9-10-11-15(12,13)14;/h2-11H2,1H3,(H,12,13,14);1H. The van der Waals surface area contributed by atoms with Crippen LogP contribution in [0.15, 0.2) is 0 Å². The Bertz CT molecular complexity index is 227. The summed E-state index contributed by atoms with van der Waals surface area (Å²) in [6, 6.07) is 0. The van der Waals surface area contributed by atoms with E-state index in [-0.39, 0.29) is 10.5 Å². The van der Waals surface area contributed by atoms with Crippen molar-refractivity contribution in [2.45, 2.75) is 64.7 Å². The second-order valence-corrected chi connectivity index (χ2v) is 5.69. The molecule has 0 unspecified atom stereocenters. The van der Waals surface area contributed by atoms with Gasteiger partial charge in [0.15, 0.2) is 0 Å². The van der Waals surface area contributed by atoms with E-state index >= 15 is 0 Å². The molecule has 3 nitrogen and oxygen atoms in total. The Balaban J connectivity index is 0. The van der Waals surface area contributed by atoms with E-state index in [1.165, 1.54) is 38.5 Å². The molecule has 0 bridgehead atoms. The summed E-state index contributed by atoms with van der Waals surface area (Å²) < 4.78 is 29.3. The first-order chi connectivity index (χ1) is 7.06. The molecule has 0 aromatic carbocycles. The van der Waals surface area contributed by atoms with Crippen LogP contribution in [0.2, 0.25) is 0 Å². The number of unbranched alkanes of at least 4 members (excludes halogenated alkanes) is 8. The molecule has 0 fully saturated rings. The van der Waals surface area contributed by atoms with Gasteiger partial charge in [0.2, 0.25) is 0 Å². The summed E-state index contributed by atoms with van der Waals surface area (Å²) in [4.78, 5) is 0. The maximum Gasteiger partial charge on any atom is 0.264 e. The average molecular weight is 256 g/mol.